The van der Waals surface area contributed by atoms with E-state index in [1.165, 1.54) is 5.56 Å². The minimum absolute atomic E-state index is 0.0620. The van der Waals surface area contributed by atoms with Gasteiger partial charge in [0.25, 0.3) is 0 Å². The van der Waals surface area contributed by atoms with Gasteiger partial charge in [0.2, 0.25) is 5.91 Å². The van der Waals surface area contributed by atoms with Gasteiger partial charge >= 0.3 is 0 Å². The number of nitrogens with two attached hydrogens (primary N) is 1. The Morgan fingerprint density at radius 2 is 2.13 bits per heavy atom. The lowest BCUT2D eigenvalue weighted by molar-refractivity contribution is -0.121. The first-order valence-electron chi connectivity index (χ1n) is 8.21. The van der Waals surface area contributed by atoms with Crippen LogP contribution in [0.2, 0.25) is 0 Å². The highest BCUT2D eigenvalue weighted by molar-refractivity contribution is 7.09. The van der Waals surface area contributed by atoms with E-state index in [-0.39, 0.29) is 11.9 Å². The SMILES string of the molecule is NCC1CCCC1NC(=O)Cc1csc(Cc2ccccc2)n1. The third-order valence-electron chi connectivity index (χ3n) is 4.45. The van der Waals surface area contributed by atoms with Crippen molar-refractivity contribution in [2.75, 3.05) is 6.54 Å². The van der Waals surface area contributed by atoms with Crippen molar-refractivity contribution in [2.45, 2.75) is 38.1 Å². The second-order valence-corrected chi connectivity index (χ2v) is 7.12. The number of carbonyl (C=O) groups is 1. The van der Waals surface area contributed by atoms with Crippen LogP contribution in [0.5, 0.6) is 0 Å². The van der Waals surface area contributed by atoms with E-state index in [1.807, 2.05) is 23.6 Å². The molecule has 1 heterocycles. The molecule has 0 aliphatic heterocycles. The molecule has 0 bridgehead atoms. The third-order valence-corrected chi connectivity index (χ3v) is 5.34. The molecule has 1 saturated carbocycles. The first-order chi connectivity index (χ1) is 11.2. The van der Waals surface area contributed by atoms with Crippen LogP contribution in [-0.2, 0) is 17.6 Å². The number of amides is 1. The summed E-state index contributed by atoms with van der Waals surface area (Å²) in [7, 11) is 0. The first kappa shape index (κ1) is 16.1. The van der Waals surface area contributed by atoms with Crippen molar-refractivity contribution in [1.29, 1.82) is 0 Å². The molecule has 1 aliphatic carbocycles. The van der Waals surface area contributed by atoms with Crippen LogP contribution in [0, 0.1) is 5.92 Å². The second kappa shape index (κ2) is 7.70. The van der Waals surface area contributed by atoms with Gasteiger partial charge < -0.3 is 11.1 Å². The van der Waals surface area contributed by atoms with Crippen LogP contribution in [0.4, 0.5) is 0 Å². The number of aromatic nitrogens is 1. The van der Waals surface area contributed by atoms with Gasteiger partial charge in [-0.1, -0.05) is 36.8 Å². The predicted octanol–water partition coefficient (Wildman–Crippen LogP) is 2.52. The van der Waals surface area contributed by atoms with Crippen LogP contribution in [-0.4, -0.2) is 23.5 Å². The van der Waals surface area contributed by atoms with Gasteiger partial charge in [-0.2, -0.15) is 0 Å². The zero-order valence-electron chi connectivity index (χ0n) is 13.2. The monoisotopic (exact) mass is 329 g/mol. The van der Waals surface area contributed by atoms with Crippen LogP contribution in [0.15, 0.2) is 35.7 Å². The van der Waals surface area contributed by atoms with Crippen molar-refractivity contribution in [3.63, 3.8) is 0 Å². The molecule has 3 N–H and O–H groups in total. The van der Waals surface area contributed by atoms with Crippen LogP contribution in [0.25, 0.3) is 0 Å². The fourth-order valence-corrected chi connectivity index (χ4v) is 4.04. The molecule has 122 valence electrons. The minimum Gasteiger partial charge on any atom is -0.353 e. The number of hydrogen-bond donors (Lipinski definition) is 2. The van der Waals surface area contributed by atoms with Crippen molar-refractivity contribution in [2.24, 2.45) is 11.7 Å². The summed E-state index contributed by atoms with van der Waals surface area (Å²) in [6, 6.07) is 10.5. The summed E-state index contributed by atoms with van der Waals surface area (Å²) in [4.78, 5) is 16.8. The molecule has 0 spiro atoms. The summed E-state index contributed by atoms with van der Waals surface area (Å²) in [6.07, 6.45) is 4.51. The smallest absolute Gasteiger partial charge is 0.226 e. The molecule has 3 rings (SSSR count). The minimum atomic E-state index is 0.0620. The first-order valence-corrected chi connectivity index (χ1v) is 9.09. The molecule has 23 heavy (non-hydrogen) atoms. The van der Waals surface area contributed by atoms with E-state index in [2.05, 4.69) is 22.4 Å². The van der Waals surface area contributed by atoms with E-state index < -0.39 is 0 Å². The number of hydrogen-bond acceptors (Lipinski definition) is 4. The van der Waals surface area contributed by atoms with Gasteiger partial charge in [0, 0.05) is 17.8 Å². The van der Waals surface area contributed by atoms with Crippen LogP contribution in [0.3, 0.4) is 0 Å². The number of rotatable bonds is 6. The lowest BCUT2D eigenvalue weighted by Crippen LogP contribution is -2.40. The van der Waals surface area contributed by atoms with E-state index in [0.29, 0.717) is 18.9 Å². The molecule has 1 aromatic carbocycles. The maximum absolute atomic E-state index is 12.2. The zero-order chi connectivity index (χ0) is 16.1. The van der Waals surface area contributed by atoms with E-state index in [4.69, 9.17) is 5.73 Å². The fourth-order valence-electron chi connectivity index (χ4n) is 3.21. The Kier molecular flexibility index (Phi) is 5.41. The molecule has 2 unspecified atom stereocenters. The van der Waals surface area contributed by atoms with Crippen molar-refractivity contribution >= 4 is 17.2 Å². The predicted molar refractivity (Wildman–Crippen MR) is 93.4 cm³/mol. The Bertz CT molecular complexity index is 641. The van der Waals surface area contributed by atoms with E-state index in [0.717, 1.165) is 36.4 Å². The third kappa shape index (κ3) is 4.39. The number of nitrogens with one attached hydrogen (secondary N) is 1. The highest BCUT2D eigenvalue weighted by Crippen LogP contribution is 2.24. The maximum Gasteiger partial charge on any atom is 0.226 e. The van der Waals surface area contributed by atoms with Crippen molar-refractivity contribution < 1.29 is 4.79 Å². The lowest BCUT2D eigenvalue weighted by Gasteiger charge is -2.19. The van der Waals surface area contributed by atoms with Gasteiger partial charge in [0.05, 0.1) is 17.1 Å². The summed E-state index contributed by atoms with van der Waals surface area (Å²) < 4.78 is 0. The topological polar surface area (TPSA) is 68.0 Å². The summed E-state index contributed by atoms with van der Waals surface area (Å²) in [5.74, 6) is 0.495. The highest BCUT2D eigenvalue weighted by atomic mass is 32.1. The van der Waals surface area contributed by atoms with Gasteiger partial charge in [0.15, 0.2) is 0 Å². The van der Waals surface area contributed by atoms with Gasteiger partial charge in [-0.25, -0.2) is 4.98 Å². The maximum atomic E-state index is 12.2. The molecular formula is C18H23N3OS. The summed E-state index contributed by atoms with van der Waals surface area (Å²) in [5, 5.41) is 6.18. The molecule has 0 saturated heterocycles. The fraction of sp³-hybridized carbons (Fsp3) is 0.444. The van der Waals surface area contributed by atoms with Gasteiger partial charge in [-0.15, -0.1) is 11.3 Å². The molecular weight excluding hydrogens is 306 g/mol. The van der Waals surface area contributed by atoms with Gasteiger partial charge in [-0.3, -0.25) is 4.79 Å². The Labute approximate surface area is 141 Å². The molecule has 2 atom stereocenters. The molecule has 1 fully saturated rings. The van der Waals surface area contributed by atoms with E-state index >= 15 is 0 Å². The van der Waals surface area contributed by atoms with Gasteiger partial charge in [-0.05, 0) is 30.9 Å². The quantitative estimate of drug-likeness (QED) is 0.856. The summed E-state index contributed by atoms with van der Waals surface area (Å²) in [6.45, 7) is 0.656. The van der Waals surface area contributed by atoms with Gasteiger partial charge in [0.1, 0.15) is 0 Å². The summed E-state index contributed by atoms with van der Waals surface area (Å²) in [5.41, 5.74) is 7.87. The number of benzene rings is 1. The molecule has 1 amide bonds. The highest BCUT2D eigenvalue weighted by Gasteiger charge is 2.27. The van der Waals surface area contributed by atoms with Crippen LogP contribution in [0.1, 0.15) is 35.5 Å². The van der Waals surface area contributed by atoms with Crippen molar-refractivity contribution in [3.05, 3.63) is 52.0 Å². The normalized spacial score (nSPS) is 20.6. The van der Waals surface area contributed by atoms with E-state index in [1.54, 1.807) is 11.3 Å². The van der Waals surface area contributed by atoms with Crippen LogP contribution < -0.4 is 11.1 Å². The molecule has 5 heteroatoms. The Morgan fingerprint density at radius 1 is 1.30 bits per heavy atom. The zero-order valence-corrected chi connectivity index (χ0v) is 14.0. The second-order valence-electron chi connectivity index (χ2n) is 6.17. The molecule has 4 nitrogen and oxygen atoms in total. The Balaban J connectivity index is 1.53. The average Bonchev–Trinajstić information content (AvgIpc) is 3.17. The molecule has 1 aromatic heterocycles. The van der Waals surface area contributed by atoms with Crippen molar-refractivity contribution in [3.8, 4) is 0 Å². The lowest BCUT2D eigenvalue weighted by atomic mass is 10.0. The molecule has 0 radical (unpaired) electrons. The Hall–Kier alpha value is -1.72. The number of nitrogens with zero attached hydrogens (tertiary/aromatic N) is 1. The number of thiazole rings is 1. The molecule has 1 aliphatic rings. The largest absolute Gasteiger partial charge is 0.353 e. The standard InChI is InChI=1S/C18H23N3OS/c19-11-14-7-4-8-16(14)21-17(22)10-15-12-23-18(20-15)9-13-5-2-1-3-6-13/h1-3,5-6,12,14,16H,4,7-11,19H2,(H,21,22). The van der Waals surface area contributed by atoms with E-state index in [9.17, 15) is 4.79 Å². The Morgan fingerprint density at radius 3 is 2.91 bits per heavy atom. The number of carbonyl (C=O) groups excluding carboxylic acids is 1. The summed E-state index contributed by atoms with van der Waals surface area (Å²) >= 11 is 1.62. The van der Waals surface area contributed by atoms with Crippen molar-refractivity contribution in [1.82, 2.24) is 10.3 Å². The van der Waals surface area contributed by atoms with Crippen LogP contribution >= 0.6 is 11.3 Å². The average molecular weight is 329 g/mol. The molecule has 2 aromatic rings.